The first kappa shape index (κ1) is 29.8. The van der Waals surface area contributed by atoms with Crippen LogP contribution in [0.3, 0.4) is 0 Å². The van der Waals surface area contributed by atoms with E-state index in [9.17, 15) is 0 Å². The zero-order valence-corrected chi connectivity index (χ0v) is 23.1. The van der Waals surface area contributed by atoms with Crippen molar-refractivity contribution in [2.45, 2.75) is 153 Å². The van der Waals surface area contributed by atoms with Gasteiger partial charge in [0.1, 0.15) is 0 Å². The lowest BCUT2D eigenvalue weighted by atomic mass is 9.45. The Morgan fingerprint density at radius 3 is 2.09 bits per heavy atom. The highest BCUT2D eigenvalue weighted by Gasteiger charge is 2.60. The molecule has 0 heterocycles. The van der Waals surface area contributed by atoms with Gasteiger partial charge in [0.2, 0.25) is 0 Å². The van der Waals surface area contributed by atoms with Crippen molar-refractivity contribution in [3.05, 3.63) is 11.1 Å². The summed E-state index contributed by atoms with van der Waals surface area (Å²) in [6.45, 7) is 20.8. The van der Waals surface area contributed by atoms with Gasteiger partial charge in [-0.25, -0.2) is 0 Å². The Hall–Kier alpha value is -0.260. The second kappa shape index (κ2) is 13.0. The molecule has 0 radical (unpaired) electrons. The summed E-state index contributed by atoms with van der Waals surface area (Å²) in [6, 6.07) is 0. The fraction of sp³-hybridized carbons (Fsp3) is 0.938. The normalized spacial score (nSPS) is 37.7. The Balaban J connectivity index is 0.000000971. The Morgan fingerprint density at radius 1 is 0.844 bits per heavy atom. The molecule has 4 aliphatic carbocycles. The number of allylic oxidation sites excluding steroid dienone is 2. The third kappa shape index (κ3) is 5.68. The van der Waals surface area contributed by atoms with Crippen LogP contribution in [-0.2, 0) is 0 Å². The molecule has 4 rings (SSSR count). The molecule has 0 aromatic heterocycles. The molecule has 6 atom stereocenters. The topological polar surface area (TPSA) is 0 Å². The highest BCUT2D eigenvalue weighted by molar-refractivity contribution is 5.30. The van der Waals surface area contributed by atoms with Crippen molar-refractivity contribution >= 4 is 0 Å². The van der Waals surface area contributed by atoms with Gasteiger partial charge in [0.15, 0.2) is 0 Å². The quantitative estimate of drug-likeness (QED) is 0.291. The number of hydrogen-bond donors (Lipinski definition) is 0. The summed E-state index contributed by atoms with van der Waals surface area (Å²) in [5.74, 6) is 4.71. The summed E-state index contributed by atoms with van der Waals surface area (Å²) in [4.78, 5) is 0. The average molecular weight is 447 g/mol. The molecule has 0 aromatic rings. The van der Waals surface area contributed by atoms with Crippen LogP contribution in [0.15, 0.2) is 11.1 Å². The molecule has 0 nitrogen and oxygen atoms in total. The molecule has 0 spiro atoms. The fourth-order valence-electron chi connectivity index (χ4n) is 8.77. The zero-order chi connectivity index (χ0) is 23.2. The second-order valence-corrected chi connectivity index (χ2v) is 12.0. The molecule has 0 heteroatoms. The lowest BCUT2D eigenvalue weighted by molar-refractivity contribution is -0.0639. The Bertz CT molecular complexity index is 569. The van der Waals surface area contributed by atoms with E-state index >= 15 is 0 Å². The number of hydrogen-bond acceptors (Lipinski definition) is 0. The molecular weight excluding hydrogens is 384 g/mol. The summed E-state index contributed by atoms with van der Waals surface area (Å²) in [6.07, 6.45) is 19.3. The van der Waals surface area contributed by atoms with Crippen LogP contribution in [0.1, 0.15) is 153 Å². The molecule has 32 heavy (non-hydrogen) atoms. The van der Waals surface area contributed by atoms with E-state index in [4.69, 9.17) is 0 Å². The first-order valence-corrected chi connectivity index (χ1v) is 14.6. The maximum atomic E-state index is 2.75. The lowest BCUT2D eigenvalue weighted by Crippen LogP contribution is -2.51. The molecule has 4 aliphatic rings. The predicted octanol–water partition coefficient (Wildman–Crippen LogP) is 11.3. The molecule has 0 bridgehead atoms. The summed E-state index contributed by atoms with van der Waals surface area (Å²) in [7, 11) is 0. The molecule has 2 fully saturated rings. The Labute approximate surface area is 204 Å². The van der Waals surface area contributed by atoms with Crippen molar-refractivity contribution < 1.29 is 0 Å². The molecule has 0 N–H and O–H groups in total. The van der Waals surface area contributed by atoms with E-state index in [0.29, 0.717) is 10.8 Å². The van der Waals surface area contributed by atoms with Gasteiger partial charge in [-0.15, -0.1) is 0 Å². The highest BCUT2D eigenvalue weighted by atomic mass is 14.6. The summed E-state index contributed by atoms with van der Waals surface area (Å²) in [5.41, 5.74) is 5.16. The van der Waals surface area contributed by atoms with Gasteiger partial charge in [0.05, 0.1) is 0 Å². The second-order valence-electron chi connectivity index (χ2n) is 12.0. The van der Waals surface area contributed by atoms with Crippen LogP contribution < -0.4 is 0 Å². The lowest BCUT2D eigenvalue weighted by Gasteiger charge is -2.60. The monoisotopic (exact) mass is 446 g/mol. The Kier molecular flexibility index (Phi) is 12.1. The smallest absolute Gasteiger partial charge is 0.0143 e. The summed E-state index contributed by atoms with van der Waals surface area (Å²) < 4.78 is 0. The van der Waals surface area contributed by atoms with E-state index in [1.54, 1.807) is 0 Å². The largest absolute Gasteiger partial charge is 0.0776 e. The van der Waals surface area contributed by atoms with Gasteiger partial charge in [-0.2, -0.15) is 0 Å². The number of fused-ring (bicyclic) bond motifs is 4. The van der Waals surface area contributed by atoms with Crippen molar-refractivity contribution in [1.29, 1.82) is 0 Å². The van der Waals surface area contributed by atoms with Crippen LogP contribution >= 0.6 is 0 Å². The third-order valence-corrected chi connectivity index (χ3v) is 10.00. The molecule has 190 valence electrons. The van der Waals surface area contributed by atoms with Gasteiger partial charge >= 0.3 is 0 Å². The molecular formula is C32H62. The van der Waals surface area contributed by atoms with E-state index in [0.717, 1.165) is 29.6 Å². The fourth-order valence-corrected chi connectivity index (χ4v) is 8.77. The van der Waals surface area contributed by atoms with E-state index in [1.165, 1.54) is 83.5 Å². The van der Waals surface area contributed by atoms with Crippen LogP contribution in [0.4, 0.5) is 0 Å². The van der Waals surface area contributed by atoms with E-state index in [1.807, 2.05) is 38.8 Å². The minimum absolute atomic E-state index is 0. The molecule has 6 unspecified atom stereocenters. The summed E-state index contributed by atoms with van der Waals surface area (Å²) >= 11 is 0. The van der Waals surface area contributed by atoms with E-state index in [2.05, 4.69) is 34.6 Å². The van der Waals surface area contributed by atoms with Crippen LogP contribution in [-0.4, -0.2) is 0 Å². The first-order valence-electron chi connectivity index (χ1n) is 14.6. The minimum Gasteiger partial charge on any atom is -0.0776 e. The Morgan fingerprint density at radius 2 is 1.47 bits per heavy atom. The van der Waals surface area contributed by atoms with Gasteiger partial charge < -0.3 is 0 Å². The van der Waals surface area contributed by atoms with Crippen molar-refractivity contribution in [1.82, 2.24) is 0 Å². The molecule has 0 aliphatic heterocycles. The minimum atomic E-state index is 0. The maximum Gasteiger partial charge on any atom is -0.0143 e. The third-order valence-electron chi connectivity index (χ3n) is 10.00. The predicted molar refractivity (Wildman–Crippen MR) is 147 cm³/mol. The van der Waals surface area contributed by atoms with E-state index < -0.39 is 0 Å². The molecule has 0 aromatic carbocycles. The van der Waals surface area contributed by atoms with Crippen LogP contribution in [0.2, 0.25) is 0 Å². The molecule has 2 saturated carbocycles. The van der Waals surface area contributed by atoms with Gasteiger partial charge in [0, 0.05) is 0 Å². The standard InChI is InChI=1S/C27H46.2C2H6.CH4/c1-19(2)10-6-7-11-21-14-15-25-26(21,4)17-16-24-23-13-9-8-12-22(23)20(3)18-27(24,25)5;2*1-2;/h19-21,24-25H,6-18H2,1-5H3;2*1-2H3;1H4. The molecule has 0 saturated heterocycles. The number of unbranched alkanes of at least 4 members (excludes halogenated alkanes) is 1. The van der Waals surface area contributed by atoms with Gasteiger partial charge in [-0.3, -0.25) is 0 Å². The molecule has 0 amide bonds. The van der Waals surface area contributed by atoms with Crippen molar-refractivity contribution in [2.24, 2.45) is 40.4 Å². The maximum absolute atomic E-state index is 2.75. The van der Waals surface area contributed by atoms with Gasteiger partial charge in [-0.1, -0.05) is 100 Å². The average Bonchev–Trinajstić information content (AvgIpc) is 3.11. The van der Waals surface area contributed by atoms with Crippen LogP contribution in [0.25, 0.3) is 0 Å². The van der Waals surface area contributed by atoms with Crippen molar-refractivity contribution in [2.75, 3.05) is 0 Å². The van der Waals surface area contributed by atoms with E-state index in [-0.39, 0.29) is 7.43 Å². The van der Waals surface area contributed by atoms with Gasteiger partial charge in [-0.05, 0) is 105 Å². The number of rotatable bonds is 5. The SMILES string of the molecule is C.CC.CC.CC(C)CCCCC1CCC2C1(C)CCC1C3=C(CCCC3)C(C)CC12C. The highest BCUT2D eigenvalue weighted by Crippen LogP contribution is 2.69. The van der Waals surface area contributed by atoms with Crippen LogP contribution in [0, 0.1) is 40.4 Å². The summed E-state index contributed by atoms with van der Waals surface area (Å²) in [5, 5.41) is 0. The first-order chi connectivity index (χ1) is 14.9. The van der Waals surface area contributed by atoms with Crippen molar-refractivity contribution in [3.63, 3.8) is 0 Å². The van der Waals surface area contributed by atoms with Crippen molar-refractivity contribution in [3.8, 4) is 0 Å². The zero-order valence-electron chi connectivity index (χ0n) is 23.1. The van der Waals surface area contributed by atoms with Crippen LogP contribution in [0.5, 0.6) is 0 Å². The van der Waals surface area contributed by atoms with Gasteiger partial charge in [0.25, 0.3) is 0 Å².